The van der Waals surface area contributed by atoms with Crippen LogP contribution in [0.25, 0.3) is 0 Å². The van der Waals surface area contributed by atoms with Gasteiger partial charge < -0.3 is 20.7 Å². The molecule has 0 aromatic heterocycles. The van der Waals surface area contributed by atoms with E-state index in [-0.39, 0.29) is 11.8 Å². The van der Waals surface area contributed by atoms with Gasteiger partial charge in [0.1, 0.15) is 0 Å². The number of amides is 2. The monoisotopic (exact) mass is 348 g/mol. The lowest BCUT2D eigenvalue weighted by molar-refractivity contribution is -0.134. The number of carbonyl (C=O) groups excluding carboxylic acids is 2. The molecule has 1 aromatic carbocycles. The van der Waals surface area contributed by atoms with Crippen molar-refractivity contribution in [1.82, 2.24) is 15.1 Å². The van der Waals surface area contributed by atoms with Gasteiger partial charge in [-0.25, -0.2) is 0 Å². The number of methoxy groups -OCH3 is 1. The first-order chi connectivity index (χ1) is 12.1. The van der Waals surface area contributed by atoms with E-state index in [9.17, 15) is 9.59 Å². The first-order valence-corrected chi connectivity index (χ1v) is 8.66. The summed E-state index contributed by atoms with van der Waals surface area (Å²) in [6, 6.07) is 9.28. The summed E-state index contributed by atoms with van der Waals surface area (Å²) in [5.41, 5.74) is 7.15. The van der Waals surface area contributed by atoms with Crippen LogP contribution < -0.4 is 11.1 Å². The largest absolute Gasteiger partial charge is 0.383 e. The van der Waals surface area contributed by atoms with Gasteiger partial charge >= 0.3 is 0 Å². The molecule has 1 aliphatic heterocycles. The summed E-state index contributed by atoms with van der Waals surface area (Å²) in [7, 11) is 1.60. The minimum absolute atomic E-state index is 0.0161. The molecule has 1 saturated heterocycles. The third kappa shape index (κ3) is 6.45. The maximum absolute atomic E-state index is 12.5. The summed E-state index contributed by atoms with van der Waals surface area (Å²) < 4.78 is 4.90. The number of benzene rings is 1. The lowest BCUT2D eigenvalue weighted by Crippen LogP contribution is -2.55. The lowest BCUT2D eigenvalue weighted by atomic mass is 10.1. The normalized spacial score (nSPS) is 16.5. The fourth-order valence-corrected chi connectivity index (χ4v) is 2.87. The van der Waals surface area contributed by atoms with Crippen LogP contribution in [-0.4, -0.2) is 80.6 Å². The Balaban J connectivity index is 1.71. The Kier molecular flexibility index (Phi) is 7.84. The molecular weight excluding hydrogens is 320 g/mol. The molecule has 7 heteroatoms. The second-order valence-corrected chi connectivity index (χ2v) is 6.24. The van der Waals surface area contributed by atoms with E-state index in [1.807, 2.05) is 30.3 Å². The van der Waals surface area contributed by atoms with E-state index < -0.39 is 6.04 Å². The van der Waals surface area contributed by atoms with Crippen molar-refractivity contribution in [1.29, 1.82) is 0 Å². The third-order valence-corrected chi connectivity index (χ3v) is 4.30. The number of ether oxygens (including phenoxy) is 1. The number of nitrogens with zero attached hydrogens (tertiary/aromatic N) is 2. The Labute approximate surface area is 149 Å². The topological polar surface area (TPSA) is 87.9 Å². The molecule has 1 unspecified atom stereocenters. The predicted molar refractivity (Wildman–Crippen MR) is 96.0 cm³/mol. The highest BCUT2D eigenvalue weighted by atomic mass is 16.5. The molecular formula is C18H28N4O3. The Morgan fingerprint density at radius 3 is 2.52 bits per heavy atom. The van der Waals surface area contributed by atoms with Crippen LogP contribution in [0.5, 0.6) is 0 Å². The third-order valence-electron chi connectivity index (χ3n) is 4.30. The smallest absolute Gasteiger partial charge is 0.239 e. The highest BCUT2D eigenvalue weighted by Crippen LogP contribution is 2.07. The van der Waals surface area contributed by atoms with Gasteiger partial charge in [-0.15, -0.1) is 0 Å². The van der Waals surface area contributed by atoms with Crippen LogP contribution in [0.4, 0.5) is 0 Å². The quantitative estimate of drug-likeness (QED) is 0.616. The van der Waals surface area contributed by atoms with Gasteiger partial charge in [-0.05, 0) is 12.0 Å². The number of rotatable bonds is 8. The van der Waals surface area contributed by atoms with Gasteiger partial charge in [-0.2, -0.15) is 0 Å². The maximum atomic E-state index is 12.5. The van der Waals surface area contributed by atoms with Gasteiger partial charge in [0, 0.05) is 39.8 Å². The number of piperazine rings is 1. The molecule has 7 nitrogen and oxygen atoms in total. The zero-order valence-electron chi connectivity index (χ0n) is 14.8. The summed E-state index contributed by atoms with van der Waals surface area (Å²) >= 11 is 0. The van der Waals surface area contributed by atoms with E-state index in [4.69, 9.17) is 10.5 Å². The molecule has 2 rings (SSSR count). The fraction of sp³-hybridized carbons (Fsp3) is 0.556. The van der Waals surface area contributed by atoms with Crippen LogP contribution in [0.2, 0.25) is 0 Å². The summed E-state index contributed by atoms with van der Waals surface area (Å²) in [4.78, 5) is 28.1. The van der Waals surface area contributed by atoms with Crippen LogP contribution in [0.3, 0.4) is 0 Å². The molecule has 1 atom stereocenters. The Morgan fingerprint density at radius 2 is 1.88 bits per heavy atom. The first kappa shape index (κ1) is 19.4. The van der Waals surface area contributed by atoms with Crippen molar-refractivity contribution in [3.05, 3.63) is 35.9 Å². The molecule has 1 aliphatic rings. The van der Waals surface area contributed by atoms with Gasteiger partial charge in [0.2, 0.25) is 11.8 Å². The Morgan fingerprint density at radius 1 is 1.20 bits per heavy atom. The molecule has 3 N–H and O–H groups in total. The highest BCUT2D eigenvalue weighted by Gasteiger charge is 2.26. The van der Waals surface area contributed by atoms with Crippen molar-refractivity contribution < 1.29 is 14.3 Å². The van der Waals surface area contributed by atoms with Crippen molar-refractivity contribution in [2.75, 3.05) is 53.0 Å². The number of nitrogens with two attached hydrogens (primary N) is 1. The van der Waals surface area contributed by atoms with E-state index in [1.54, 1.807) is 12.0 Å². The van der Waals surface area contributed by atoms with E-state index in [1.165, 1.54) is 0 Å². The minimum Gasteiger partial charge on any atom is -0.383 e. The molecule has 1 aromatic rings. The van der Waals surface area contributed by atoms with E-state index >= 15 is 0 Å². The van der Waals surface area contributed by atoms with Gasteiger partial charge in [0.05, 0.1) is 19.2 Å². The van der Waals surface area contributed by atoms with Crippen molar-refractivity contribution in [2.45, 2.75) is 12.5 Å². The van der Waals surface area contributed by atoms with Gasteiger partial charge in [0.15, 0.2) is 0 Å². The number of carbonyl (C=O) groups is 2. The maximum Gasteiger partial charge on any atom is 0.239 e. The zero-order valence-corrected chi connectivity index (χ0v) is 14.8. The van der Waals surface area contributed by atoms with Crippen molar-refractivity contribution in [3.8, 4) is 0 Å². The van der Waals surface area contributed by atoms with E-state index in [0.717, 1.165) is 5.56 Å². The minimum atomic E-state index is -0.522. The molecule has 0 radical (unpaired) electrons. The van der Waals surface area contributed by atoms with E-state index in [0.29, 0.717) is 52.3 Å². The second kappa shape index (κ2) is 10.1. The van der Waals surface area contributed by atoms with Crippen LogP contribution in [0.15, 0.2) is 30.3 Å². The van der Waals surface area contributed by atoms with Crippen molar-refractivity contribution in [2.24, 2.45) is 5.73 Å². The molecule has 25 heavy (non-hydrogen) atoms. The Hall–Kier alpha value is -1.96. The van der Waals surface area contributed by atoms with Gasteiger partial charge in [-0.1, -0.05) is 30.3 Å². The number of hydrogen-bond acceptors (Lipinski definition) is 5. The van der Waals surface area contributed by atoms with Gasteiger partial charge in [0.25, 0.3) is 0 Å². The molecule has 0 bridgehead atoms. The SMILES string of the molecule is COCCNC(=O)CN1CCN(C(=O)C(N)Cc2ccccc2)CC1. The molecule has 0 spiro atoms. The standard InChI is InChI=1S/C18H28N4O3/c1-25-12-7-20-17(23)14-21-8-10-22(11-9-21)18(24)16(19)13-15-5-3-2-4-6-15/h2-6,16H,7-14,19H2,1H3,(H,20,23). The molecule has 0 saturated carbocycles. The van der Waals surface area contributed by atoms with Crippen molar-refractivity contribution in [3.63, 3.8) is 0 Å². The van der Waals surface area contributed by atoms with Crippen LogP contribution in [0, 0.1) is 0 Å². The molecule has 138 valence electrons. The summed E-state index contributed by atoms with van der Waals surface area (Å²) in [5.74, 6) is -0.0364. The average Bonchev–Trinajstić information content (AvgIpc) is 2.63. The predicted octanol–water partition coefficient (Wildman–Crippen LogP) is -0.537. The molecule has 0 aliphatic carbocycles. The van der Waals surface area contributed by atoms with Gasteiger partial charge in [-0.3, -0.25) is 14.5 Å². The summed E-state index contributed by atoms with van der Waals surface area (Å²) in [5, 5.41) is 2.80. The van der Waals surface area contributed by atoms with Crippen LogP contribution in [0.1, 0.15) is 5.56 Å². The Bertz CT molecular complexity index is 545. The number of hydrogen-bond donors (Lipinski definition) is 2. The van der Waals surface area contributed by atoms with Crippen molar-refractivity contribution >= 4 is 11.8 Å². The van der Waals surface area contributed by atoms with Crippen LogP contribution >= 0.6 is 0 Å². The van der Waals surface area contributed by atoms with Crippen LogP contribution in [-0.2, 0) is 20.7 Å². The fourth-order valence-electron chi connectivity index (χ4n) is 2.87. The molecule has 2 amide bonds. The van der Waals surface area contributed by atoms with E-state index in [2.05, 4.69) is 10.2 Å². The zero-order chi connectivity index (χ0) is 18.1. The first-order valence-electron chi connectivity index (χ1n) is 8.66. The molecule has 1 heterocycles. The second-order valence-electron chi connectivity index (χ2n) is 6.24. The molecule has 1 fully saturated rings. The summed E-state index contributed by atoms with van der Waals surface area (Å²) in [6.45, 7) is 3.94. The highest BCUT2D eigenvalue weighted by molar-refractivity contribution is 5.82. The lowest BCUT2D eigenvalue weighted by Gasteiger charge is -2.35. The summed E-state index contributed by atoms with van der Waals surface area (Å²) in [6.07, 6.45) is 0.543. The average molecular weight is 348 g/mol. The number of nitrogens with one attached hydrogen (secondary N) is 1.